The Kier molecular flexibility index (Phi) is 3.32. The second-order valence-electron chi connectivity index (χ2n) is 3.26. The summed E-state index contributed by atoms with van der Waals surface area (Å²) in [5, 5.41) is 12.7. The number of phenolic OH excluding ortho intramolecular Hbond substituents is 1. The summed E-state index contributed by atoms with van der Waals surface area (Å²) in [5.41, 5.74) is 2.23. The fourth-order valence-electron chi connectivity index (χ4n) is 1.33. The van der Waals surface area contributed by atoms with Gasteiger partial charge in [0.05, 0.1) is 0 Å². The first-order valence-corrected chi connectivity index (χ1v) is 4.68. The van der Waals surface area contributed by atoms with Crippen LogP contribution in [0.3, 0.4) is 0 Å². The fraction of sp³-hybridized carbons (Fsp3) is 0.455. The SMILES string of the molecule is CCc1ccc(O)c(C(C)NC)c1. The van der Waals surface area contributed by atoms with Gasteiger partial charge in [-0.25, -0.2) is 0 Å². The largest absolute Gasteiger partial charge is 0.508 e. The van der Waals surface area contributed by atoms with Crippen molar-refractivity contribution in [1.82, 2.24) is 5.32 Å². The van der Waals surface area contributed by atoms with Gasteiger partial charge >= 0.3 is 0 Å². The van der Waals surface area contributed by atoms with Gasteiger partial charge in [0.1, 0.15) is 5.75 Å². The molecule has 0 heterocycles. The van der Waals surface area contributed by atoms with Crippen molar-refractivity contribution in [3.8, 4) is 5.75 Å². The number of rotatable bonds is 3. The van der Waals surface area contributed by atoms with Crippen LogP contribution in [0.5, 0.6) is 5.75 Å². The molecule has 0 aliphatic carbocycles. The minimum Gasteiger partial charge on any atom is -0.508 e. The Hall–Kier alpha value is -1.02. The molecule has 0 amide bonds. The van der Waals surface area contributed by atoms with Crippen LogP contribution in [-0.4, -0.2) is 12.2 Å². The molecular weight excluding hydrogens is 162 g/mol. The van der Waals surface area contributed by atoms with E-state index in [0.717, 1.165) is 12.0 Å². The quantitative estimate of drug-likeness (QED) is 0.745. The van der Waals surface area contributed by atoms with E-state index >= 15 is 0 Å². The van der Waals surface area contributed by atoms with E-state index in [4.69, 9.17) is 0 Å². The normalized spacial score (nSPS) is 12.8. The van der Waals surface area contributed by atoms with E-state index in [9.17, 15) is 5.11 Å². The maximum absolute atomic E-state index is 9.59. The molecule has 0 aromatic heterocycles. The number of hydrogen-bond donors (Lipinski definition) is 2. The number of phenols is 1. The molecule has 1 rings (SSSR count). The molecule has 1 unspecified atom stereocenters. The van der Waals surface area contributed by atoms with E-state index < -0.39 is 0 Å². The molecule has 0 fully saturated rings. The summed E-state index contributed by atoms with van der Waals surface area (Å²) >= 11 is 0. The first-order chi connectivity index (χ1) is 6.19. The molecule has 0 aliphatic rings. The predicted octanol–water partition coefficient (Wildman–Crippen LogP) is 2.24. The molecule has 72 valence electrons. The first-order valence-electron chi connectivity index (χ1n) is 4.68. The zero-order chi connectivity index (χ0) is 9.84. The van der Waals surface area contributed by atoms with Crippen LogP contribution in [0.15, 0.2) is 18.2 Å². The Morgan fingerprint density at radius 2 is 2.15 bits per heavy atom. The van der Waals surface area contributed by atoms with Gasteiger partial charge in [-0.1, -0.05) is 19.1 Å². The third-order valence-corrected chi connectivity index (χ3v) is 2.40. The summed E-state index contributed by atoms with van der Waals surface area (Å²) in [6, 6.07) is 5.98. The molecule has 1 aromatic carbocycles. The van der Waals surface area contributed by atoms with Crippen molar-refractivity contribution >= 4 is 0 Å². The van der Waals surface area contributed by atoms with Gasteiger partial charge in [0.2, 0.25) is 0 Å². The molecule has 0 aliphatic heterocycles. The highest BCUT2D eigenvalue weighted by Crippen LogP contribution is 2.24. The standard InChI is InChI=1S/C11H17NO/c1-4-9-5-6-11(13)10(7-9)8(2)12-3/h5-8,12-13H,4H2,1-3H3. The van der Waals surface area contributed by atoms with Crippen molar-refractivity contribution in [3.63, 3.8) is 0 Å². The third kappa shape index (κ3) is 2.22. The molecule has 1 aromatic rings. The van der Waals surface area contributed by atoms with Crippen molar-refractivity contribution in [2.75, 3.05) is 7.05 Å². The summed E-state index contributed by atoms with van der Waals surface area (Å²) in [6.07, 6.45) is 1.00. The lowest BCUT2D eigenvalue weighted by Crippen LogP contribution is -2.12. The lowest BCUT2D eigenvalue weighted by atomic mass is 10.0. The highest BCUT2D eigenvalue weighted by atomic mass is 16.3. The van der Waals surface area contributed by atoms with Crippen molar-refractivity contribution < 1.29 is 5.11 Å². The second-order valence-corrected chi connectivity index (χ2v) is 3.26. The summed E-state index contributed by atoms with van der Waals surface area (Å²) < 4.78 is 0. The molecule has 13 heavy (non-hydrogen) atoms. The Labute approximate surface area is 79.6 Å². The molecule has 0 bridgehead atoms. The molecule has 2 N–H and O–H groups in total. The Morgan fingerprint density at radius 1 is 1.46 bits per heavy atom. The molecule has 2 heteroatoms. The van der Waals surface area contributed by atoms with Crippen LogP contribution in [-0.2, 0) is 6.42 Å². The van der Waals surface area contributed by atoms with Crippen molar-refractivity contribution in [2.24, 2.45) is 0 Å². The maximum Gasteiger partial charge on any atom is 0.120 e. The Morgan fingerprint density at radius 3 is 2.69 bits per heavy atom. The average Bonchev–Trinajstić information content (AvgIpc) is 2.17. The smallest absolute Gasteiger partial charge is 0.120 e. The van der Waals surface area contributed by atoms with Crippen LogP contribution in [0.25, 0.3) is 0 Å². The van der Waals surface area contributed by atoms with Gasteiger partial charge in [0, 0.05) is 11.6 Å². The van der Waals surface area contributed by atoms with Crippen LogP contribution in [0.1, 0.15) is 31.0 Å². The van der Waals surface area contributed by atoms with Crippen LogP contribution < -0.4 is 5.32 Å². The zero-order valence-corrected chi connectivity index (χ0v) is 8.46. The lowest BCUT2D eigenvalue weighted by molar-refractivity contribution is 0.457. The van der Waals surface area contributed by atoms with E-state index in [-0.39, 0.29) is 6.04 Å². The lowest BCUT2D eigenvalue weighted by Gasteiger charge is -2.13. The molecular formula is C11H17NO. The summed E-state index contributed by atoms with van der Waals surface area (Å²) in [7, 11) is 1.89. The topological polar surface area (TPSA) is 32.3 Å². The van der Waals surface area contributed by atoms with Gasteiger partial charge < -0.3 is 10.4 Å². The van der Waals surface area contributed by atoms with E-state index in [1.807, 2.05) is 20.0 Å². The van der Waals surface area contributed by atoms with Crippen LogP contribution in [0.4, 0.5) is 0 Å². The summed E-state index contributed by atoms with van der Waals surface area (Å²) in [5.74, 6) is 0.374. The van der Waals surface area contributed by atoms with E-state index in [1.165, 1.54) is 5.56 Å². The Balaban J connectivity index is 3.03. The summed E-state index contributed by atoms with van der Waals surface area (Å²) in [4.78, 5) is 0. The van der Waals surface area contributed by atoms with E-state index in [1.54, 1.807) is 6.07 Å². The van der Waals surface area contributed by atoms with Crippen molar-refractivity contribution in [3.05, 3.63) is 29.3 Å². The van der Waals surface area contributed by atoms with Gasteiger partial charge in [-0.3, -0.25) is 0 Å². The zero-order valence-electron chi connectivity index (χ0n) is 8.46. The third-order valence-electron chi connectivity index (χ3n) is 2.40. The second kappa shape index (κ2) is 4.28. The fourth-order valence-corrected chi connectivity index (χ4v) is 1.33. The van der Waals surface area contributed by atoms with Crippen LogP contribution in [0, 0.1) is 0 Å². The number of nitrogens with one attached hydrogen (secondary N) is 1. The highest BCUT2D eigenvalue weighted by Gasteiger charge is 2.08. The molecule has 0 saturated carbocycles. The van der Waals surface area contributed by atoms with Gasteiger partial charge in [-0.15, -0.1) is 0 Å². The number of aryl methyl sites for hydroxylation is 1. The van der Waals surface area contributed by atoms with Crippen molar-refractivity contribution in [2.45, 2.75) is 26.3 Å². The number of hydrogen-bond acceptors (Lipinski definition) is 2. The number of benzene rings is 1. The van der Waals surface area contributed by atoms with E-state index in [0.29, 0.717) is 5.75 Å². The molecule has 2 nitrogen and oxygen atoms in total. The van der Waals surface area contributed by atoms with Crippen molar-refractivity contribution in [1.29, 1.82) is 0 Å². The highest BCUT2D eigenvalue weighted by molar-refractivity contribution is 5.38. The average molecular weight is 179 g/mol. The molecule has 0 spiro atoms. The molecule has 0 saturated heterocycles. The minimum atomic E-state index is 0.200. The van der Waals surface area contributed by atoms with Crippen LogP contribution in [0.2, 0.25) is 0 Å². The summed E-state index contributed by atoms with van der Waals surface area (Å²) in [6.45, 7) is 4.15. The van der Waals surface area contributed by atoms with Gasteiger partial charge in [0.25, 0.3) is 0 Å². The van der Waals surface area contributed by atoms with Gasteiger partial charge in [-0.05, 0) is 32.0 Å². The monoisotopic (exact) mass is 179 g/mol. The van der Waals surface area contributed by atoms with Gasteiger partial charge in [-0.2, -0.15) is 0 Å². The minimum absolute atomic E-state index is 0.200. The number of aromatic hydroxyl groups is 1. The maximum atomic E-state index is 9.59. The van der Waals surface area contributed by atoms with Crippen LogP contribution >= 0.6 is 0 Å². The van der Waals surface area contributed by atoms with E-state index in [2.05, 4.69) is 18.3 Å². The first kappa shape index (κ1) is 10.1. The Bertz CT molecular complexity index is 283. The molecule has 0 radical (unpaired) electrons. The molecule has 1 atom stereocenters. The predicted molar refractivity (Wildman–Crippen MR) is 55.0 cm³/mol. The van der Waals surface area contributed by atoms with Gasteiger partial charge in [0.15, 0.2) is 0 Å².